The molecule has 0 aliphatic carbocycles. The molecule has 0 saturated carbocycles. The van der Waals surface area contributed by atoms with Crippen molar-refractivity contribution in [2.24, 2.45) is 0 Å². The van der Waals surface area contributed by atoms with Gasteiger partial charge in [-0.05, 0) is 30.7 Å². The lowest BCUT2D eigenvalue weighted by Crippen LogP contribution is -2.12. The first-order chi connectivity index (χ1) is 12.6. The van der Waals surface area contributed by atoms with Gasteiger partial charge in [-0.15, -0.1) is 10.2 Å². The number of hydrogen-bond acceptors (Lipinski definition) is 7. The normalized spacial score (nSPS) is 10.8. The molecule has 1 N–H and O–H groups in total. The van der Waals surface area contributed by atoms with Gasteiger partial charge in [0.15, 0.2) is 0 Å². The van der Waals surface area contributed by atoms with Gasteiger partial charge in [0, 0.05) is 29.8 Å². The molecule has 3 aromatic rings. The van der Waals surface area contributed by atoms with Crippen molar-refractivity contribution in [1.29, 1.82) is 0 Å². The number of carbonyl (C=O) groups is 1. The molecule has 0 saturated heterocycles. The molecular weight excluding hydrogens is 374 g/mol. The number of halogens is 1. The topological polar surface area (TPSA) is 93.8 Å². The lowest BCUT2D eigenvalue weighted by atomic mass is 10.2. The molecule has 9 heteroatoms. The molecule has 0 spiro atoms. The molecule has 0 unspecified atom stereocenters. The number of aromatic nitrogens is 4. The maximum Gasteiger partial charge on any atom is 0.227 e. The number of hydrogen-bond donors (Lipinski definition) is 1. The van der Waals surface area contributed by atoms with Gasteiger partial charge in [-0.3, -0.25) is 4.79 Å². The zero-order chi connectivity index (χ0) is 18.4. The van der Waals surface area contributed by atoms with Crippen molar-refractivity contribution in [3.8, 4) is 11.4 Å². The van der Waals surface area contributed by atoms with Crippen LogP contribution in [-0.4, -0.2) is 26.2 Å². The Kier molecular flexibility index (Phi) is 6.30. The van der Waals surface area contributed by atoms with Crippen molar-refractivity contribution in [3.05, 3.63) is 40.2 Å². The highest BCUT2D eigenvalue weighted by atomic mass is 35.5. The Bertz CT molecular complexity index is 862. The first kappa shape index (κ1) is 18.5. The van der Waals surface area contributed by atoms with Gasteiger partial charge in [0.1, 0.15) is 5.01 Å². The molecule has 0 radical (unpaired) electrons. The van der Waals surface area contributed by atoms with E-state index in [9.17, 15) is 4.79 Å². The number of aryl methyl sites for hydroxylation is 2. The summed E-state index contributed by atoms with van der Waals surface area (Å²) in [5, 5.41) is 16.8. The first-order valence-corrected chi connectivity index (χ1v) is 9.54. The van der Waals surface area contributed by atoms with Crippen molar-refractivity contribution in [2.45, 2.75) is 39.0 Å². The Morgan fingerprint density at radius 2 is 2.04 bits per heavy atom. The fraction of sp³-hybridized carbons (Fsp3) is 0.353. The van der Waals surface area contributed by atoms with Crippen LogP contribution < -0.4 is 5.32 Å². The third-order valence-corrected chi connectivity index (χ3v) is 4.74. The van der Waals surface area contributed by atoms with E-state index in [0.717, 1.165) is 29.8 Å². The van der Waals surface area contributed by atoms with Gasteiger partial charge in [0.2, 0.25) is 22.8 Å². The summed E-state index contributed by atoms with van der Waals surface area (Å²) >= 11 is 7.27. The fourth-order valence-corrected chi connectivity index (χ4v) is 3.13. The van der Waals surface area contributed by atoms with E-state index in [1.165, 1.54) is 11.3 Å². The minimum atomic E-state index is -0.158. The fourth-order valence-electron chi connectivity index (χ4n) is 2.21. The Hall–Kier alpha value is -2.32. The van der Waals surface area contributed by atoms with Crippen LogP contribution in [0.5, 0.6) is 0 Å². The molecule has 0 aliphatic heterocycles. The minimum absolute atomic E-state index is 0.158. The summed E-state index contributed by atoms with van der Waals surface area (Å²) in [6.07, 6.45) is 3.64. The highest BCUT2D eigenvalue weighted by Gasteiger charge is 2.12. The van der Waals surface area contributed by atoms with E-state index in [-0.39, 0.29) is 12.3 Å². The Labute approximate surface area is 159 Å². The van der Waals surface area contributed by atoms with Crippen LogP contribution in [0.2, 0.25) is 5.02 Å². The van der Waals surface area contributed by atoms with Crippen LogP contribution in [0, 0.1) is 0 Å². The third-order valence-electron chi connectivity index (χ3n) is 3.59. The van der Waals surface area contributed by atoms with E-state index in [2.05, 4.69) is 32.6 Å². The first-order valence-electron chi connectivity index (χ1n) is 8.35. The molecule has 7 nitrogen and oxygen atoms in total. The molecule has 0 bridgehead atoms. The lowest BCUT2D eigenvalue weighted by molar-refractivity contribution is -0.116. The molecular formula is C17H18ClN5O2S. The van der Waals surface area contributed by atoms with E-state index in [0.29, 0.717) is 28.3 Å². The van der Waals surface area contributed by atoms with Crippen molar-refractivity contribution in [1.82, 2.24) is 20.3 Å². The van der Waals surface area contributed by atoms with E-state index in [1.807, 2.05) is 12.1 Å². The second-order valence-electron chi connectivity index (χ2n) is 5.67. The van der Waals surface area contributed by atoms with Crippen LogP contribution in [0.1, 0.15) is 37.1 Å². The smallest absolute Gasteiger partial charge is 0.227 e. The number of benzene rings is 1. The van der Waals surface area contributed by atoms with Gasteiger partial charge >= 0.3 is 0 Å². The molecule has 2 heterocycles. The summed E-state index contributed by atoms with van der Waals surface area (Å²) in [5.41, 5.74) is 0.808. The number of rotatable bonds is 8. The standard InChI is InChI=1S/C17H18ClN5O2S/c1-2-3-4-15-21-22-17(26-15)19-13(24)9-10-14-20-16(23-25-14)11-5-7-12(18)8-6-11/h5-8H,2-4,9-10H2,1H3,(H,19,22,24). The van der Waals surface area contributed by atoms with E-state index >= 15 is 0 Å². The van der Waals surface area contributed by atoms with Gasteiger partial charge in [0.05, 0.1) is 0 Å². The zero-order valence-corrected chi connectivity index (χ0v) is 15.8. The summed E-state index contributed by atoms with van der Waals surface area (Å²) in [6.45, 7) is 2.12. The van der Waals surface area contributed by atoms with Crippen LogP contribution in [0.3, 0.4) is 0 Å². The molecule has 26 heavy (non-hydrogen) atoms. The second-order valence-corrected chi connectivity index (χ2v) is 7.17. The van der Waals surface area contributed by atoms with Gasteiger partial charge in [-0.1, -0.05) is 41.4 Å². The van der Waals surface area contributed by atoms with Crippen LogP contribution >= 0.6 is 22.9 Å². The minimum Gasteiger partial charge on any atom is -0.339 e. The number of anilines is 1. The Morgan fingerprint density at radius 3 is 2.81 bits per heavy atom. The molecule has 1 amide bonds. The Balaban J connectivity index is 1.50. The third kappa shape index (κ3) is 5.09. The van der Waals surface area contributed by atoms with E-state index in [4.69, 9.17) is 16.1 Å². The van der Waals surface area contributed by atoms with Crippen LogP contribution in [-0.2, 0) is 17.6 Å². The number of carbonyl (C=O) groups excluding carboxylic acids is 1. The molecule has 0 atom stereocenters. The van der Waals surface area contributed by atoms with Gasteiger partial charge in [-0.25, -0.2) is 0 Å². The van der Waals surface area contributed by atoms with Crippen LogP contribution in [0.25, 0.3) is 11.4 Å². The average molecular weight is 392 g/mol. The maximum absolute atomic E-state index is 12.0. The predicted octanol–water partition coefficient (Wildman–Crippen LogP) is 4.16. The predicted molar refractivity (Wildman–Crippen MR) is 100 cm³/mol. The molecule has 3 rings (SSSR count). The maximum atomic E-state index is 12.0. The van der Waals surface area contributed by atoms with Crippen LogP contribution in [0.4, 0.5) is 5.13 Å². The second kappa shape index (κ2) is 8.86. The van der Waals surface area contributed by atoms with Crippen LogP contribution in [0.15, 0.2) is 28.8 Å². The highest BCUT2D eigenvalue weighted by molar-refractivity contribution is 7.15. The molecule has 1 aromatic carbocycles. The van der Waals surface area contributed by atoms with Crippen molar-refractivity contribution < 1.29 is 9.32 Å². The van der Waals surface area contributed by atoms with Gasteiger partial charge in [0.25, 0.3) is 0 Å². The summed E-state index contributed by atoms with van der Waals surface area (Å²) in [6, 6.07) is 7.15. The summed E-state index contributed by atoms with van der Waals surface area (Å²) < 4.78 is 5.20. The average Bonchev–Trinajstić information content (AvgIpc) is 3.28. The number of amides is 1. The van der Waals surface area contributed by atoms with Crippen molar-refractivity contribution in [2.75, 3.05) is 5.32 Å². The van der Waals surface area contributed by atoms with Gasteiger partial charge < -0.3 is 9.84 Å². The molecule has 136 valence electrons. The van der Waals surface area contributed by atoms with E-state index < -0.39 is 0 Å². The monoisotopic (exact) mass is 391 g/mol. The quantitative estimate of drug-likeness (QED) is 0.619. The van der Waals surface area contributed by atoms with E-state index in [1.54, 1.807) is 12.1 Å². The SMILES string of the molecule is CCCCc1nnc(NC(=O)CCc2nc(-c3ccc(Cl)cc3)no2)s1. The summed E-state index contributed by atoms with van der Waals surface area (Å²) in [4.78, 5) is 16.3. The Morgan fingerprint density at radius 1 is 1.23 bits per heavy atom. The number of nitrogens with zero attached hydrogens (tertiary/aromatic N) is 4. The zero-order valence-electron chi connectivity index (χ0n) is 14.2. The summed E-state index contributed by atoms with van der Waals surface area (Å²) in [5.74, 6) is 0.724. The van der Waals surface area contributed by atoms with Crippen molar-refractivity contribution >= 4 is 34.0 Å². The number of nitrogens with one attached hydrogen (secondary N) is 1. The molecule has 0 fully saturated rings. The number of unbranched alkanes of at least 4 members (excludes halogenated alkanes) is 1. The molecule has 2 aromatic heterocycles. The highest BCUT2D eigenvalue weighted by Crippen LogP contribution is 2.20. The lowest BCUT2D eigenvalue weighted by Gasteiger charge is -1.98. The summed E-state index contributed by atoms with van der Waals surface area (Å²) in [7, 11) is 0. The van der Waals surface area contributed by atoms with Gasteiger partial charge in [-0.2, -0.15) is 4.98 Å². The van der Waals surface area contributed by atoms with Crippen molar-refractivity contribution in [3.63, 3.8) is 0 Å². The molecule has 0 aliphatic rings. The largest absolute Gasteiger partial charge is 0.339 e.